The lowest BCUT2D eigenvalue weighted by molar-refractivity contribution is 0.429. The molecular formula is C14H22FN5. The summed E-state index contributed by atoms with van der Waals surface area (Å²) in [7, 11) is 0. The van der Waals surface area contributed by atoms with Gasteiger partial charge >= 0.3 is 0 Å². The van der Waals surface area contributed by atoms with Crippen molar-refractivity contribution >= 4 is 5.82 Å². The maximum atomic E-state index is 12.5. The van der Waals surface area contributed by atoms with Gasteiger partial charge in [-0.3, -0.25) is 4.68 Å². The van der Waals surface area contributed by atoms with Crippen LogP contribution in [0.25, 0.3) is 0 Å². The maximum absolute atomic E-state index is 12.5. The van der Waals surface area contributed by atoms with Gasteiger partial charge in [-0.1, -0.05) is 13.8 Å². The van der Waals surface area contributed by atoms with E-state index in [9.17, 15) is 4.39 Å². The zero-order chi connectivity index (χ0) is 14.5. The smallest absolute Gasteiger partial charge is 0.127 e. The first-order chi connectivity index (χ1) is 9.60. The lowest BCUT2D eigenvalue weighted by Gasteiger charge is -2.09. The Morgan fingerprint density at radius 1 is 1.30 bits per heavy atom. The Kier molecular flexibility index (Phi) is 4.76. The van der Waals surface area contributed by atoms with E-state index in [2.05, 4.69) is 29.4 Å². The predicted octanol–water partition coefficient (Wildman–Crippen LogP) is 2.63. The highest BCUT2D eigenvalue weighted by molar-refractivity contribution is 5.43. The molecule has 2 rings (SSSR count). The number of halogens is 1. The second-order valence-corrected chi connectivity index (χ2v) is 5.41. The fourth-order valence-electron chi connectivity index (χ4n) is 2.12. The van der Waals surface area contributed by atoms with E-state index in [1.54, 1.807) is 10.9 Å². The Bertz CT molecular complexity index is 544. The van der Waals surface area contributed by atoms with Crippen LogP contribution in [-0.4, -0.2) is 26.2 Å². The van der Waals surface area contributed by atoms with Crippen molar-refractivity contribution in [1.82, 2.24) is 19.6 Å². The molecule has 0 fully saturated rings. The van der Waals surface area contributed by atoms with E-state index >= 15 is 0 Å². The minimum atomic E-state index is -0.415. The summed E-state index contributed by atoms with van der Waals surface area (Å²) in [5, 5.41) is 11.8. The Labute approximate surface area is 118 Å². The summed E-state index contributed by atoms with van der Waals surface area (Å²) in [6, 6.07) is 0. The highest BCUT2D eigenvalue weighted by atomic mass is 19.1. The molecule has 0 amide bonds. The van der Waals surface area contributed by atoms with Crippen LogP contribution in [0.15, 0.2) is 18.6 Å². The lowest BCUT2D eigenvalue weighted by atomic mass is 10.2. The van der Waals surface area contributed by atoms with Crippen molar-refractivity contribution in [2.45, 2.75) is 40.4 Å². The molecule has 0 aromatic carbocycles. The van der Waals surface area contributed by atoms with E-state index < -0.39 is 6.67 Å². The fourth-order valence-corrected chi connectivity index (χ4v) is 2.12. The molecule has 2 aromatic heterocycles. The Balaban J connectivity index is 1.98. The number of aromatic nitrogens is 4. The van der Waals surface area contributed by atoms with Gasteiger partial charge in [-0.15, -0.1) is 0 Å². The average molecular weight is 279 g/mol. The number of anilines is 1. The number of hydrogen-bond acceptors (Lipinski definition) is 3. The van der Waals surface area contributed by atoms with Gasteiger partial charge in [0.1, 0.15) is 12.5 Å². The van der Waals surface area contributed by atoms with Gasteiger partial charge < -0.3 is 5.32 Å². The number of rotatable bonds is 7. The molecule has 110 valence electrons. The fraction of sp³-hybridized carbons (Fsp3) is 0.571. The maximum Gasteiger partial charge on any atom is 0.127 e. The first kappa shape index (κ1) is 14.6. The van der Waals surface area contributed by atoms with Crippen LogP contribution < -0.4 is 5.32 Å². The molecule has 0 aliphatic heterocycles. The molecule has 0 radical (unpaired) electrons. The standard InChI is InChI=1S/C14H22FN5/c1-11(2)9-19-10-13(8-17-19)7-16-14-12(3)6-18-20(14)5-4-15/h6,8,10-11,16H,4-5,7,9H2,1-3H3. The van der Waals surface area contributed by atoms with Gasteiger partial charge in [0.05, 0.1) is 18.9 Å². The molecule has 0 atom stereocenters. The molecule has 20 heavy (non-hydrogen) atoms. The van der Waals surface area contributed by atoms with Gasteiger partial charge in [0.25, 0.3) is 0 Å². The van der Waals surface area contributed by atoms with Gasteiger partial charge in [0.2, 0.25) is 0 Å². The van der Waals surface area contributed by atoms with Gasteiger partial charge in [-0.05, 0) is 12.8 Å². The number of nitrogens with zero attached hydrogens (tertiary/aromatic N) is 4. The SMILES string of the molecule is Cc1cnn(CCF)c1NCc1cnn(CC(C)C)c1. The third-order valence-corrected chi connectivity index (χ3v) is 3.02. The van der Waals surface area contributed by atoms with Crippen LogP contribution in [0.2, 0.25) is 0 Å². The summed E-state index contributed by atoms with van der Waals surface area (Å²) in [6.07, 6.45) is 5.65. The monoisotopic (exact) mass is 279 g/mol. The van der Waals surface area contributed by atoms with Crippen LogP contribution in [0.4, 0.5) is 10.2 Å². The van der Waals surface area contributed by atoms with Gasteiger partial charge in [-0.2, -0.15) is 10.2 Å². The molecular weight excluding hydrogens is 257 g/mol. The molecule has 0 aliphatic rings. The molecule has 0 aliphatic carbocycles. The van der Waals surface area contributed by atoms with Crippen LogP contribution in [0.3, 0.4) is 0 Å². The predicted molar refractivity (Wildman–Crippen MR) is 77.3 cm³/mol. The van der Waals surface area contributed by atoms with Gasteiger partial charge in [0, 0.05) is 30.4 Å². The highest BCUT2D eigenvalue weighted by Crippen LogP contribution is 2.15. The first-order valence-corrected chi connectivity index (χ1v) is 6.93. The molecule has 0 spiro atoms. The number of nitrogens with one attached hydrogen (secondary N) is 1. The van der Waals surface area contributed by atoms with Crippen molar-refractivity contribution in [2.75, 3.05) is 12.0 Å². The van der Waals surface area contributed by atoms with Crippen molar-refractivity contribution in [3.05, 3.63) is 29.7 Å². The summed E-state index contributed by atoms with van der Waals surface area (Å²) < 4.78 is 16.1. The van der Waals surface area contributed by atoms with Gasteiger partial charge in [0.15, 0.2) is 0 Å². The molecule has 2 aromatic rings. The van der Waals surface area contributed by atoms with E-state index in [-0.39, 0.29) is 6.54 Å². The van der Waals surface area contributed by atoms with Crippen molar-refractivity contribution < 1.29 is 4.39 Å². The highest BCUT2D eigenvalue weighted by Gasteiger charge is 2.07. The Hall–Kier alpha value is -1.85. The summed E-state index contributed by atoms with van der Waals surface area (Å²) >= 11 is 0. The number of hydrogen-bond donors (Lipinski definition) is 1. The summed E-state index contributed by atoms with van der Waals surface area (Å²) in [4.78, 5) is 0. The quantitative estimate of drug-likeness (QED) is 0.847. The molecule has 0 unspecified atom stereocenters. The lowest BCUT2D eigenvalue weighted by Crippen LogP contribution is -2.09. The Morgan fingerprint density at radius 2 is 2.10 bits per heavy atom. The topological polar surface area (TPSA) is 47.7 Å². The Morgan fingerprint density at radius 3 is 2.80 bits per heavy atom. The third-order valence-electron chi connectivity index (χ3n) is 3.02. The molecule has 2 heterocycles. The normalized spacial score (nSPS) is 11.2. The zero-order valence-corrected chi connectivity index (χ0v) is 12.3. The van der Waals surface area contributed by atoms with E-state index in [1.165, 1.54) is 0 Å². The summed E-state index contributed by atoms with van der Waals surface area (Å²) in [5.41, 5.74) is 2.13. The van der Waals surface area contributed by atoms with Crippen molar-refractivity contribution in [1.29, 1.82) is 0 Å². The van der Waals surface area contributed by atoms with E-state index in [4.69, 9.17) is 0 Å². The van der Waals surface area contributed by atoms with E-state index in [0.717, 1.165) is 23.5 Å². The summed E-state index contributed by atoms with van der Waals surface area (Å²) in [6.45, 7) is 7.74. The molecule has 0 saturated heterocycles. The minimum Gasteiger partial charge on any atom is -0.366 e. The van der Waals surface area contributed by atoms with Crippen LogP contribution in [0.1, 0.15) is 25.0 Å². The van der Waals surface area contributed by atoms with Gasteiger partial charge in [-0.25, -0.2) is 9.07 Å². The third kappa shape index (κ3) is 3.59. The molecule has 1 N–H and O–H groups in total. The number of aryl methyl sites for hydroxylation is 2. The second-order valence-electron chi connectivity index (χ2n) is 5.41. The van der Waals surface area contributed by atoms with Crippen molar-refractivity contribution in [3.8, 4) is 0 Å². The molecule has 0 bridgehead atoms. The molecule has 0 saturated carbocycles. The van der Waals surface area contributed by atoms with E-state index in [0.29, 0.717) is 12.5 Å². The zero-order valence-electron chi connectivity index (χ0n) is 12.3. The van der Waals surface area contributed by atoms with Crippen LogP contribution in [-0.2, 0) is 19.6 Å². The first-order valence-electron chi connectivity index (χ1n) is 6.93. The largest absolute Gasteiger partial charge is 0.366 e. The van der Waals surface area contributed by atoms with Crippen LogP contribution in [0.5, 0.6) is 0 Å². The second kappa shape index (κ2) is 6.54. The van der Waals surface area contributed by atoms with Crippen molar-refractivity contribution in [3.63, 3.8) is 0 Å². The average Bonchev–Trinajstić information content (AvgIpc) is 2.95. The van der Waals surface area contributed by atoms with Crippen LogP contribution >= 0.6 is 0 Å². The van der Waals surface area contributed by atoms with Crippen LogP contribution in [0, 0.1) is 12.8 Å². The molecule has 6 heteroatoms. The van der Waals surface area contributed by atoms with Crippen molar-refractivity contribution in [2.24, 2.45) is 5.92 Å². The number of alkyl halides is 1. The van der Waals surface area contributed by atoms with E-state index in [1.807, 2.05) is 24.0 Å². The molecule has 5 nitrogen and oxygen atoms in total. The minimum absolute atomic E-state index is 0.281. The summed E-state index contributed by atoms with van der Waals surface area (Å²) in [5.74, 6) is 1.45.